The molecule has 2 heterocycles. The number of nitrogens with one attached hydrogen (secondary N) is 1. The van der Waals surface area contributed by atoms with Gasteiger partial charge >= 0.3 is 0 Å². The first kappa shape index (κ1) is 12.9. The third kappa shape index (κ3) is 2.45. The van der Waals surface area contributed by atoms with E-state index in [9.17, 15) is 0 Å². The molecule has 6 nitrogen and oxygen atoms in total. The topological polar surface area (TPSA) is 68.5 Å². The van der Waals surface area contributed by atoms with Gasteiger partial charge in [0.25, 0.3) is 0 Å². The van der Waals surface area contributed by atoms with Gasteiger partial charge in [0, 0.05) is 5.38 Å². The van der Waals surface area contributed by atoms with Gasteiger partial charge in [0.1, 0.15) is 0 Å². The molecule has 7 heteroatoms. The fourth-order valence-electron chi connectivity index (χ4n) is 2.07. The zero-order chi connectivity index (χ0) is 13.8. The molecule has 0 radical (unpaired) electrons. The van der Waals surface area contributed by atoms with Crippen LogP contribution < -0.4 is 5.32 Å². The Morgan fingerprint density at radius 1 is 1.30 bits per heavy atom. The third-order valence-electron chi connectivity index (χ3n) is 2.95. The largest absolute Gasteiger partial charge is 0.304 e. The van der Waals surface area contributed by atoms with Crippen molar-refractivity contribution in [3.05, 3.63) is 53.3 Å². The predicted molar refractivity (Wildman–Crippen MR) is 76.8 cm³/mol. The third-order valence-corrected chi connectivity index (χ3v) is 3.48. The van der Waals surface area contributed by atoms with Gasteiger partial charge in [-0.25, -0.2) is 4.68 Å². The molecule has 20 heavy (non-hydrogen) atoms. The fourth-order valence-corrected chi connectivity index (χ4v) is 2.55. The van der Waals surface area contributed by atoms with Crippen LogP contribution >= 0.6 is 11.5 Å². The van der Waals surface area contributed by atoms with E-state index in [2.05, 4.69) is 32.1 Å². The maximum absolute atomic E-state index is 4.18. The Hall–Kier alpha value is -2.12. The summed E-state index contributed by atoms with van der Waals surface area (Å²) in [7, 11) is 0. The molecule has 0 aliphatic carbocycles. The van der Waals surface area contributed by atoms with E-state index in [0.717, 1.165) is 23.6 Å². The highest BCUT2D eigenvalue weighted by Gasteiger charge is 2.21. The molecule has 0 aliphatic heterocycles. The Morgan fingerprint density at radius 3 is 2.85 bits per heavy atom. The lowest BCUT2D eigenvalue weighted by atomic mass is 10.1. The Labute approximate surface area is 120 Å². The highest BCUT2D eigenvalue weighted by atomic mass is 32.1. The summed E-state index contributed by atoms with van der Waals surface area (Å²) in [5, 5.41) is 17.7. The molecule has 1 aromatic carbocycles. The average Bonchev–Trinajstić information content (AvgIpc) is 3.17. The zero-order valence-electron chi connectivity index (χ0n) is 11.0. The molecule has 1 N–H and O–H groups in total. The number of rotatable bonds is 5. The van der Waals surface area contributed by atoms with Crippen molar-refractivity contribution < 1.29 is 0 Å². The molecule has 3 aromatic rings. The summed E-state index contributed by atoms with van der Waals surface area (Å²) in [6.07, 6.45) is 1.76. The first-order valence-corrected chi connectivity index (χ1v) is 7.20. The zero-order valence-corrected chi connectivity index (χ0v) is 11.8. The molecule has 0 aliphatic rings. The second-order valence-corrected chi connectivity index (χ2v) is 4.84. The Kier molecular flexibility index (Phi) is 3.80. The maximum atomic E-state index is 4.18. The van der Waals surface area contributed by atoms with Gasteiger partial charge in [-0.1, -0.05) is 34.8 Å². The molecule has 102 valence electrons. The standard InChI is InChI=1S/C13H14N6S/c1-2-14-13(11-9-20-18-16-11)12-8-15-17-19(12)10-6-4-3-5-7-10/h3-9,13-14H,2H2,1H3. The van der Waals surface area contributed by atoms with Crippen LogP contribution in [0.1, 0.15) is 24.4 Å². The highest BCUT2D eigenvalue weighted by molar-refractivity contribution is 7.03. The normalized spacial score (nSPS) is 12.4. The van der Waals surface area contributed by atoms with Gasteiger partial charge in [0.2, 0.25) is 0 Å². The molecular formula is C13H14N6S. The minimum atomic E-state index is -0.0612. The van der Waals surface area contributed by atoms with Gasteiger partial charge in [0.15, 0.2) is 0 Å². The summed E-state index contributed by atoms with van der Waals surface area (Å²) >= 11 is 1.34. The SMILES string of the molecule is CCNC(c1csnn1)c1cnnn1-c1ccccc1. The maximum Gasteiger partial charge on any atom is 0.0986 e. The first-order valence-electron chi connectivity index (χ1n) is 6.36. The van der Waals surface area contributed by atoms with Crippen LogP contribution in [0, 0.1) is 0 Å². The molecule has 0 spiro atoms. The molecule has 0 amide bonds. The van der Waals surface area contributed by atoms with E-state index in [4.69, 9.17) is 0 Å². The average molecular weight is 286 g/mol. The molecule has 1 atom stereocenters. The van der Waals surface area contributed by atoms with Gasteiger partial charge < -0.3 is 5.32 Å². The minimum Gasteiger partial charge on any atom is -0.304 e. The van der Waals surface area contributed by atoms with Gasteiger partial charge in [-0.15, -0.1) is 10.2 Å². The molecule has 1 unspecified atom stereocenters. The predicted octanol–water partition coefficient (Wildman–Crippen LogP) is 1.82. The van der Waals surface area contributed by atoms with Crippen LogP contribution in [0.5, 0.6) is 0 Å². The second-order valence-electron chi connectivity index (χ2n) is 4.23. The Balaban J connectivity index is 2.03. The van der Waals surface area contributed by atoms with Crippen LogP contribution in [0.4, 0.5) is 0 Å². The van der Waals surface area contributed by atoms with Gasteiger partial charge in [-0.05, 0) is 30.2 Å². The summed E-state index contributed by atoms with van der Waals surface area (Å²) in [4.78, 5) is 0. The van der Waals surface area contributed by atoms with Gasteiger partial charge in [-0.3, -0.25) is 0 Å². The molecule has 0 saturated carbocycles. The molecule has 0 bridgehead atoms. The number of hydrogen-bond acceptors (Lipinski definition) is 6. The first-order chi connectivity index (χ1) is 9.90. The molecule has 0 saturated heterocycles. The monoisotopic (exact) mass is 286 g/mol. The van der Waals surface area contributed by atoms with Crippen LogP contribution in [-0.4, -0.2) is 31.1 Å². The number of nitrogens with zero attached hydrogens (tertiary/aromatic N) is 5. The van der Waals surface area contributed by atoms with Crippen molar-refractivity contribution in [2.75, 3.05) is 6.54 Å². The summed E-state index contributed by atoms with van der Waals surface area (Å²) in [6.45, 7) is 2.88. The van der Waals surface area contributed by atoms with Crippen LogP contribution in [0.2, 0.25) is 0 Å². The van der Waals surface area contributed by atoms with Crippen molar-refractivity contribution in [3.63, 3.8) is 0 Å². The lowest BCUT2D eigenvalue weighted by molar-refractivity contribution is 0.578. The molecule has 2 aromatic heterocycles. The van der Waals surface area contributed by atoms with Crippen LogP contribution in [0.25, 0.3) is 5.69 Å². The van der Waals surface area contributed by atoms with E-state index in [1.54, 1.807) is 6.20 Å². The van der Waals surface area contributed by atoms with Crippen molar-refractivity contribution in [2.24, 2.45) is 0 Å². The number of hydrogen-bond donors (Lipinski definition) is 1. The molecular weight excluding hydrogens is 272 g/mol. The summed E-state index contributed by atoms with van der Waals surface area (Å²) in [5.41, 5.74) is 2.81. The van der Waals surface area contributed by atoms with Crippen molar-refractivity contribution in [3.8, 4) is 5.69 Å². The van der Waals surface area contributed by atoms with E-state index in [1.165, 1.54) is 11.5 Å². The quantitative estimate of drug-likeness (QED) is 0.775. The summed E-state index contributed by atoms with van der Waals surface area (Å²) in [6, 6.07) is 9.88. The second kappa shape index (κ2) is 5.89. The van der Waals surface area contributed by atoms with E-state index in [1.807, 2.05) is 40.4 Å². The van der Waals surface area contributed by atoms with E-state index >= 15 is 0 Å². The smallest absolute Gasteiger partial charge is 0.0986 e. The number of benzene rings is 1. The van der Waals surface area contributed by atoms with E-state index < -0.39 is 0 Å². The van der Waals surface area contributed by atoms with Crippen LogP contribution in [0.15, 0.2) is 41.9 Å². The molecule has 0 fully saturated rings. The minimum absolute atomic E-state index is 0.0612. The van der Waals surface area contributed by atoms with Crippen molar-refractivity contribution in [1.29, 1.82) is 0 Å². The van der Waals surface area contributed by atoms with E-state index in [-0.39, 0.29) is 6.04 Å². The van der Waals surface area contributed by atoms with Gasteiger partial charge in [-0.2, -0.15) is 0 Å². The molecule has 3 rings (SSSR count). The Morgan fingerprint density at radius 2 is 2.15 bits per heavy atom. The van der Waals surface area contributed by atoms with Crippen molar-refractivity contribution in [1.82, 2.24) is 29.9 Å². The number of para-hydroxylation sites is 1. The summed E-state index contributed by atoms with van der Waals surface area (Å²) in [5.74, 6) is 0. The Bertz CT molecular complexity index is 649. The van der Waals surface area contributed by atoms with Crippen molar-refractivity contribution >= 4 is 11.5 Å². The summed E-state index contributed by atoms with van der Waals surface area (Å²) < 4.78 is 5.77. The van der Waals surface area contributed by atoms with E-state index in [0.29, 0.717) is 0 Å². The lowest BCUT2D eigenvalue weighted by Crippen LogP contribution is -2.24. The van der Waals surface area contributed by atoms with Gasteiger partial charge in [0.05, 0.1) is 29.3 Å². The fraction of sp³-hybridized carbons (Fsp3) is 0.231. The van der Waals surface area contributed by atoms with Crippen LogP contribution in [-0.2, 0) is 0 Å². The lowest BCUT2D eigenvalue weighted by Gasteiger charge is -2.16. The number of aromatic nitrogens is 5. The highest BCUT2D eigenvalue weighted by Crippen LogP contribution is 2.22. The van der Waals surface area contributed by atoms with Crippen LogP contribution in [0.3, 0.4) is 0 Å². The van der Waals surface area contributed by atoms with Crippen molar-refractivity contribution in [2.45, 2.75) is 13.0 Å².